The Morgan fingerprint density at radius 1 is 1.32 bits per heavy atom. The number of ether oxygens (including phenoxy) is 2. The van der Waals surface area contributed by atoms with Crippen molar-refractivity contribution < 1.29 is 14.3 Å². The Morgan fingerprint density at radius 2 is 2.18 bits per heavy atom. The van der Waals surface area contributed by atoms with E-state index in [1.54, 1.807) is 0 Å². The molecule has 22 heavy (non-hydrogen) atoms. The maximum Gasteiger partial charge on any atom is 0.200 e. The molecule has 2 aliphatic rings. The quantitative estimate of drug-likeness (QED) is 0.616. The number of nitrogens with zero attached hydrogens (tertiary/aromatic N) is 1. The van der Waals surface area contributed by atoms with Crippen molar-refractivity contribution in [3.05, 3.63) is 35.4 Å². The molecular weight excluding hydrogens is 278 g/mol. The fourth-order valence-electron chi connectivity index (χ4n) is 3.36. The second-order valence-electron chi connectivity index (χ2n) is 5.93. The van der Waals surface area contributed by atoms with E-state index in [1.165, 1.54) is 11.1 Å². The molecule has 3 atom stereocenters. The molecule has 0 radical (unpaired) electrons. The lowest BCUT2D eigenvalue weighted by molar-refractivity contribution is -0.191. The van der Waals surface area contributed by atoms with E-state index in [0.29, 0.717) is 19.1 Å². The van der Waals surface area contributed by atoms with Crippen LogP contribution in [0.15, 0.2) is 29.4 Å². The summed E-state index contributed by atoms with van der Waals surface area (Å²) in [6.45, 7) is 5.33. The highest BCUT2D eigenvalue weighted by Gasteiger charge is 2.38. The minimum absolute atomic E-state index is 0.220. The summed E-state index contributed by atoms with van der Waals surface area (Å²) in [5.41, 5.74) is 3.70. The lowest BCUT2D eigenvalue weighted by Gasteiger charge is -2.40. The van der Waals surface area contributed by atoms with E-state index < -0.39 is 0 Å². The molecule has 0 N–H and O–H groups in total. The highest BCUT2D eigenvalue weighted by atomic mass is 16.7. The molecule has 1 aromatic carbocycles. The van der Waals surface area contributed by atoms with Gasteiger partial charge in [0.15, 0.2) is 0 Å². The molecule has 0 bridgehead atoms. The summed E-state index contributed by atoms with van der Waals surface area (Å²) < 4.78 is 12.2. The van der Waals surface area contributed by atoms with Crippen LogP contribution in [0.4, 0.5) is 0 Å². The average molecular weight is 303 g/mol. The zero-order valence-corrected chi connectivity index (χ0v) is 13.5. The third kappa shape index (κ3) is 3.18. The molecule has 4 heteroatoms. The van der Waals surface area contributed by atoms with Crippen molar-refractivity contribution in [1.29, 1.82) is 0 Å². The molecule has 0 saturated carbocycles. The first-order valence-electron chi connectivity index (χ1n) is 8.37. The Balaban J connectivity index is 1.72. The van der Waals surface area contributed by atoms with Crippen LogP contribution in [-0.2, 0) is 20.7 Å². The third-order valence-corrected chi connectivity index (χ3v) is 4.42. The fourth-order valence-corrected chi connectivity index (χ4v) is 3.36. The van der Waals surface area contributed by atoms with Gasteiger partial charge in [0.2, 0.25) is 6.29 Å². The van der Waals surface area contributed by atoms with Crippen molar-refractivity contribution in [3.8, 4) is 0 Å². The van der Waals surface area contributed by atoms with Gasteiger partial charge in [0.05, 0.1) is 12.7 Å². The lowest BCUT2D eigenvalue weighted by atomic mass is 9.80. The van der Waals surface area contributed by atoms with Crippen molar-refractivity contribution in [3.63, 3.8) is 0 Å². The van der Waals surface area contributed by atoms with E-state index >= 15 is 0 Å². The van der Waals surface area contributed by atoms with E-state index in [-0.39, 0.29) is 12.4 Å². The minimum atomic E-state index is -0.349. The van der Waals surface area contributed by atoms with Gasteiger partial charge >= 0.3 is 0 Å². The Bertz CT molecular complexity index is 529. The summed E-state index contributed by atoms with van der Waals surface area (Å²) in [7, 11) is 0. The van der Waals surface area contributed by atoms with Crippen LogP contribution in [0.2, 0.25) is 0 Å². The van der Waals surface area contributed by atoms with Crippen molar-refractivity contribution in [2.75, 3.05) is 13.2 Å². The van der Waals surface area contributed by atoms with Gasteiger partial charge in [0.1, 0.15) is 12.3 Å². The van der Waals surface area contributed by atoms with Crippen LogP contribution in [0, 0.1) is 0 Å². The van der Waals surface area contributed by atoms with Gasteiger partial charge in [-0.1, -0.05) is 42.8 Å². The first-order chi connectivity index (χ1) is 10.8. The molecule has 4 nitrogen and oxygen atoms in total. The summed E-state index contributed by atoms with van der Waals surface area (Å²) in [4.78, 5) is 5.22. The van der Waals surface area contributed by atoms with E-state index in [2.05, 4.69) is 36.3 Å². The topological polar surface area (TPSA) is 40.0 Å². The van der Waals surface area contributed by atoms with Crippen LogP contribution in [0.1, 0.15) is 50.2 Å². The van der Waals surface area contributed by atoms with Crippen molar-refractivity contribution in [2.45, 2.75) is 57.8 Å². The van der Waals surface area contributed by atoms with Gasteiger partial charge in [-0.2, -0.15) is 0 Å². The summed E-state index contributed by atoms with van der Waals surface area (Å²) >= 11 is 0. The van der Waals surface area contributed by atoms with Crippen LogP contribution >= 0.6 is 0 Å². The zero-order chi connectivity index (χ0) is 15.4. The van der Waals surface area contributed by atoms with Gasteiger partial charge in [-0.3, -0.25) is 0 Å². The molecule has 0 spiro atoms. The highest BCUT2D eigenvalue weighted by Crippen LogP contribution is 2.37. The molecule has 0 amide bonds. The molecule has 3 rings (SSSR count). The summed E-state index contributed by atoms with van der Waals surface area (Å²) in [6.07, 6.45) is 3.85. The minimum Gasteiger partial charge on any atom is -0.396 e. The molecule has 1 heterocycles. The maximum absolute atomic E-state index is 6.23. The van der Waals surface area contributed by atoms with Gasteiger partial charge in [0, 0.05) is 5.92 Å². The number of hydrogen-bond acceptors (Lipinski definition) is 4. The fraction of sp³-hybridized carbons (Fsp3) is 0.611. The molecule has 1 aliphatic heterocycles. The predicted molar refractivity (Wildman–Crippen MR) is 86.1 cm³/mol. The zero-order valence-electron chi connectivity index (χ0n) is 13.5. The van der Waals surface area contributed by atoms with Crippen molar-refractivity contribution >= 4 is 5.71 Å². The molecule has 3 unspecified atom stereocenters. The molecule has 0 aromatic heterocycles. The molecule has 120 valence electrons. The van der Waals surface area contributed by atoms with Gasteiger partial charge < -0.3 is 14.3 Å². The van der Waals surface area contributed by atoms with Crippen LogP contribution in [-0.4, -0.2) is 31.3 Å². The largest absolute Gasteiger partial charge is 0.396 e. The first-order valence-corrected chi connectivity index (χ1v) is 8.37. The Labute approximate surface area is 132 Å². The second kappa shape index (κ2) is 7.25. The molecular formula is C18H25NO3. The van der Waals surface area contributed by atoms with Gasteiger partial charge in [-0.15, -0.1) is 0 Å². The summed E-state index contributed by atoms with van der Waals surface area (Å²) in [5, 5.41) is 4.20. The number of fused-ring (bicyclic) bond motifs is 3. The average Bonchev–Trinajstić information content (AvgIpc) is 2.58. The Morgan fingerprint density at radius 3 is 3.00 bits per heavy atom. The summed E-state index contributed by atoms with van der Waals surface area (Å²) in [6, 6.07) is 8.64. The molecule has 1 aliphatic carbocycles. The van der Waals surface area contributed by atoms with Gasteiger partial charge in [-0.25, -0.2) is 0 Å². The number of oxime groups is 1. The monoisotopic (exact) mass is 303 g/mol. The smallest absolute Gasteiger partial charge is 0.200 e. The normalized spacial score (nSPS) is 27.9. The summed E-state index contributed by atoms with van der Waals surface area (Å²) in [5.74, 6) is 0.344. The van der Waals surface area contributed by atoms with Crippen LogP contribution in [0.25, 0.3) is 0 Å². The van der Waals surface area contributed by atoms with Gasteiger partial charge in [0.25, 0.3) is 0 Å². The van der Waals surface area contributed by atoms with Crippen LogP contribution in [0.3, 0.4) is 0 Å². The maximum atomic E-state index is 6.23. The number of aryl methyl sites for hydroxylation is 1. The Kier molecular flexibility index (Phi) is 5.11. The van der Waals surface area contributed by atoms with Crippen LogP contribution in [0.5, 0.6) is 0 Å². The Hall–Kier alpha value is -1.39. The van der Waals surface area contributed by atoms with Gasteiger partial charge in [-0.05, 0) is 37.3 Å². The number of benzene rings is 1. The predicted octanol–water partition coefficient (Wildman–Crippen LogP) is 3.65. The highest BCUT2D eigenvalue weighted by molar-refractivity contribution is 5.87. The molecule has 1 aromatic rings. The second-order valence-corrected chi connectivity index (χ2v) is 5.93. The van der Waals surface area contributed by atoms with E-state index in [9.17, 15) is 0 Å². The van der Waals surface area contributed by atoms with Crippen molar-refractivity contribution in [1.82, 2.24) is 0 Å². The van der Waals surface area contributed by atoms with E-state index in [4.69, 9.17) is 14.3 Å². The van der Waals surface area contributed by atoms with Crippen molar-refractivity contribution in [2.24, 2.45) is 5.16 Å². The standard InChI is InChI=1S/C18H25NO3/c1-3-7-16(19-21-4-2)18-20-12-15-14-9-6-5-8-13(14)10-11-17(15)22-18/h5-6,8-9,15,17-18H,3-4,7,10-12H2,1-2H3. The number of rotatable bonds is 5. The first kappa shape index (κ1) is 15.5. The molecule has 1 fully saturated rings. The van der Waals surface area contributed by atoms with Crippen LogP contribution < -0.4 is 0 Å². The SMILES string of the molecule is CCCC(=NOCC)C1OCC2c3ccccc3CCC2O1. The lowest BCUT2D eigenvalue weighted by Crippen LogP contribution is -2.44. The number of hydrogen-bond donors (Lipinski definition) is 0. The molecule has 1 saturated heterocycles. The van der Waals surface area contributed by atoms with E-state index in [1.807, 2.05) is 6.92 Å². The third-order valence-electron chi connectivity index (χ3n) is 4.42. The van der Waals surface area contributed by atoms with E-state index in [0.717, 1.165) is 31.4 Å².